The fraction of sp³-hybridized carbons (Fsp3) is 0. The molecule has 150 valence electrons. The van der Waals surface area contributed by atoms with Crippen LogP contribution in [0.4, 0.5) is 0 Å². The van der Waals surface area contributed by atoms with Crippen molar-refractivity contribution in [3.05, 3.63) is 97.1 Å². The van der Waals surface area contributed by atoms with Crippen LogP contribution >= 0.6 is 22.7 Å². The summed E-state index contributed by atoms with van der Waals surface area (Å²) in [7, 11) is 0. The number of hydrogen-bond acceptors (Lipinski definition) is 4. The Balaban J connectivity index is 1.32. The lowest BCUT2D eigenvalue weighted by molar-refractivity contribution is 1.46. The number of aromatic nitrogens is 2. The molecule has 7 aromatic rings. The minimum absolute atomic E-state index is 1.01. The molecule has 0 unspecified atom stereocenters. The fourth-order valence-corrected chi connectivity index (χ4v) is 6.28. The van der Waals surface area contributed by atoms with Gasteiger partial charge in [-0.1, -0.05) is 72.8 Å². The minimum atomic E-state index is 1.01. The highest BCUT2D eigenvalue weighted by molar-refractivity contribution is 7.23. The van der Waals surface area contributed by atoms with E-state index in [9.17, 15) is 0 Å². The van der Waals surface area contributed by atoms with E-state index in [1.165, 1.54) is 30.9 Å². The van der Waals surface area contributed by atoms with Crippen molar-refractivity contribution in [2.75, 3.05) is 0 Å². The van der Waals surface area contributed by atoms with Crippen LogP contribution in [0.3, 0.4) is 0 Å². The molecule has 0 amide bonds. The standard InChI is InChI=1S/C28H16N2S2/c1-3-7-19-13-21(11-9-17(19)5-1)27-29-23-15-24-26(16-25(23)31-27)32-28(30-24)22-12-10-18-6-2-4-8-20(18)14-22/h1-16H. The molecule has 0 aliphatic heterocycles. The molecule has 7 rings (SSSR count). The molecule has 2 aromatic heterocycles. The highest BCUT2D eigenvalue weighted by Crippen LogP contribution is 2.38. The molecular weight excluding hydrogens is 428 g/mol. The minimum Gasteiger partial charge on any atom is -0.236 e. The summed E-state index contributed by atoms with van der Waals surface area (Å²) < 4.78 is 2.41. The molecule has 4 heteroatoms. The summed E-state index contributed by atoms with van der Waals surface area (Å²) in [6, 6.07) is 34.4. The maximum absolute atomic E-state index is 4.95. The van der Waals surface area contributed by atoms with Crippen LogP contribution < -0.4 is 0 Å². The average Bonchev–Trinajstić information content (AvgIpc) is 3.45. The van der Waals surface area contributed by atoms with Gasteiger partial charge in [0.15, 0.2) is 0 Å². The second-order valence-corrected chi connectivity index (χ2v) is 10.0. The SMILES string of the molecule is c1ccc2cc(-c3nc4cc5nc(-c6ccc7ccccc7c6)sc5cc4s3)ccc2c1. The highest BCUT2D eigenvalue weighted by Gasteiger charge is 2.12. The predicted molar refractivity (Wildman–Crippen MR) is 139 cm³/mol. The zero-order valence-corrected chi connectivity index (χ0v) is 18.6. The third kappa shape index (κ3) is 2.92. The maximum Gasteiger partial charge on any atom is 0.124 e. The Morgan fingerprint density at radius 2 is 0.906 bits per heavy atom. The number of fused-ring (bicyclic) bond motifs is 4. The first-order valence-corrected chi connectivity index (χ1v) is 12.1. The van der Waals surface area contributed by atoms with Gasteiger partial charge in [0.1, 0.15) is 10.0 Å². The van der Waals surface area contributed by atoms with Crippen LogP contribution in [0.15, 0.2) is 97.1 Å². The Labute approximate surface area is 192 Å². The number of benzene rings is 5. The molecule has 0 aliphatic rings. The molecule has 0 saturated carbocycles. The molecule has 32 heavy (non-hydrogen) atoms. The normalized spacial score (nSPS) is 11.8. The Kier molecular flexibility index (Phi) is 3.92. The van der Waals surface area contributed by atoms with Crippen LogP contribution in [-0.4, -0.2) is 9.97 Å². The predicted octanol–water partition coefficient (Wildman–Crippen LogP) is 8.55. The van der Waals surface area contributed by atoms with Crippen LogP contribution in [0.5, 0.6) is 0 Å². The molecule has 0 aliphatic carbocycles. The van der Waals surface area contributed by atoms with E-state index in [0.717, 1.165) is 32.2 Å². The summed E-state index contributed by atoms with van der Waals surface area (Å²) in [5.41, 5.74) is 4.36. The summed E-state index contributed by atoms with van der Waals surface area (Å²) in [5.74, 6) is 0. The van der Waals surface area contributed by atoms with Gasteiger partial charge in [-0.3, -0.25) is 0 Å². The van der Waals surface area contributed by atoms with E-state index in [1.54, 1.807) is 22.7 Å². The zero-order valence-electron chi connectivity index (χ0n) is 16.9. The molecule has 0 N–H and O–H groups in total. The number of hydrogen-bond donors (Lipinski definition) is 0. The Morgan fingerprint density at radius 3 is 1.41 bits per heavy atom. The van der Waals surface area contributed by atoms with Crippen LogP contribution in [0, 0.1) is 0 Å². The van der Waals surface area contributed by atoms with E-state index < -0.39 is 0 Å². The summed E-state index contributed by atoms with van der Waals surface area (Å²) in [4.78, 5) is 9.89. The topological polar surface area (TPSA) is 25.8 Å². The van der Waals surface area contributed by atoms with Gasteiger partial charge in [0, 0.05) is 11.1 Å². The van der Waals surface area contributed by atoms with Gasteiger partial charge in [0.2, 0.25) is 0 Å². The highest BCUT2D eigenvalue weighted by atomic mass is 32.1. The van der Waals surface area contributed by atoms with Crippen LogP contribution in [0.1, 0.15) is 0 Å². The van der Waals surface area contributed by atoms with Gasteiger partial charge < -0.3 is 0 Å². The Bertz CT molecular complexity index is 1610. The van der Waals surface area contributed by atoms with E-state index in [4.69, 9.17) is 9.97 Å². The van der Waals surface area contributed by atoms with E-state index in [2.05, 4.69) is 97.1 Å². The van der Waals surface area contributed by atoms with Crippen molar-refractivity contribution < 1.29 is 0 Å². The zero-order chi connectivity index (χ0) is 21.1. The molecule has 2 nitrogen and oxygen atoms in total. The maximum atomic E-state index is 4.95. The van der Waals surface area contributed by atoms with E-state index in [1.807, 2.05) is 0 Å². The molecular formula is C28H16N2S2. The molecule has 0 fully saturated rings. The molecule has 0 radical (unpaired) electrons. The fourth-order valence-electron chi connectivity index (χ4n) is 4.24. The first-order chi connectivity index (χ1) is 15.8. The van der Waals surface area contributed by atoms with E-state index in [0.29, 0.717) is 0 Å². The smallest absolute Gasteiger partial charge is 0.124 e. The first kappa shape index (κ1) is 18.0. The van der Waals surface area contributed by atoms with Crippen LogP contribution in [0.25, 0.3) is 63.1 Å². The second-order valence-electron chi connectivity index (χ2n) is 7.95. The second kappa shape index (κ2) is 6.95. The van der Waals surface area contributed by atoms with Crippen molar-refractivity contribution in [2.45, 2.75) is 0 Å². The van der Waals surface area contributed by atoms with E-state index in [-0.39, 0.29) is 0 Å². The molecule has 0 atom stereocenters. The van der Waals surface area contributed by atoms with E-state index >= 15 is 0 Å². The summed E-state index contributed by atoms with van der Waals surface area (Å²) in [6.07, 6.45) is 0. The van der Waals surface area contributed by atoms with Crippen molar-refractivity contribution in [1.82, 2.24) is 9.97 Å². The van der Waals surface area contributed by atoms with Crippen LogP contribution in [0.2, 0.25) is 0 Å². The molecule has 0 saturated heterocycles. The average molecular weight is 445 g/mol. The van der Waals surface area contributed by atoms with Crippen molar-refractivity contribution in [2.24, 2.45) is 0 Å². The first-order valence-electron chi connectivity index (χ1n) is 10.5. The van der Waals surface area contributed by atoms with Gasteiger partial charge in [-0.15, -0.1) is 22.7 Å². The third-order valence-electron chi connectivity index (χ3n) is 5.89. The monoisotopic (exact) mass is 444 g/mol. The quantitative estimate of drug-likeness (QED) is 0.267. The van der Waals surface area contributed by atoms with Crippen molar-refractivity contribution >= 4 is 64.7 Å². The lowest BCUT2D eigenvalue weighted by Crippen LogP contribution is -1.78. The molecule has 0 spiro atoms. The molecule has 0 bridgehead atoms. The largest absolute Gasteiger partial charge is 0.236 e. The lowest BCUT2D eigenvalue weighted by Gasteiger charge is -2.00. The van der Waals surface area contributed by atoms with Gasteiger partial charge in [-0.25, -0.2) is 9.97 Å². The summed E-state index contributed by atoms with van der Waals surface area (Å²) in [6.45, 7) is 0. The third-order valence-corrected chi connectivity index (χ3v) is 8.03. The Hall–Kier alpha value is -3.60. The van der Waals surface area contributed by atoms with Gasteiger partial charge in [0.05, 0.1) is 20.4 Å². The van der Waals surface area contributed by atoms with Crippen LogP contribution in [-0.2, 0) is 0 Å². The van der Waals surface area contributed by atoms with Gasteiger partial charge >= 0.3 is 0 Å². The lowest BCUT2D eigenvalue weighted by atomic mass is 10.1. The molecule has 2 heterocycles. The summed E-state index contributed by atoms with van der Waals surface area (Å²) >= 11 is 3.50. The number of rotatable bonds is 2. The van der Waals surface area contributed by atoms with Gasteiger partial charge in [0.25, 0.3) is 0 Å². The number of nitrogens with zero attached hydrogens (tertiary/aromatic N) is 2. The van der Waals surface area contributed by atoms with Gasteiger partial charge in [-0.2, -0.15) is 0 Å². The van der Waals surface area contributed by atoms with Gasteiger partial charge in [-0.05, 0) is 45.8 Å². The Morgan fingerprint density at radius 1 is 0.438 bits per heavy atom. The van der Waals surface area contributed by atoms with Crippen molar-refractivity contribution in [1.29, 1.82) is 0 Å². The van der Waals surface area contributed by atoms with Crippen molar-refractivity contribution in [3.8, 4) is 21.1 Å². The molecule has 5 aromatic carbocycles. The number of thiazole rings is 2. The van der Waals surface area contributed by atoms with Crippen molar-refractivity contribution in [3.63, 3.8) is 0 Å². The summed E-state index contributed by atoms with van der Waals surface area (Å²) in [5, 5.41) is 7.10.